The summed E-state index contributed by atoms with van der Waals surface area (Å²) >= 11 is 0. The second kappa shape index (κ2) is 6.04. The Morgan fingerprint density at radius 2 is 2.15 bits per heavy atom. The normalized spacial score (nSPS) is 23.8. The van der Waals surface area contributed by atoms with Gasteiger partial charge in [-0.05, 0) is 25.0 Å². The number of aromatic nitrogens is 1. The summed E-state index contributed by atoms with van der Waals surface area (Å²) in [6.07, 6.45) is 3.86. The van der Waals surface area contributed by atoms with E-state index in [1.165, 1.54) is 17.5 Å². The zero-order valence-electron chi connectivity index (χ0n) is 11.4. The second-order valence-electron chi connectivity index (χ2n) is 4.94. The van der Waals surface area contributed by atoms with Gasteiger partial charge < -0.3 is 10.5 Å². The molecule has 20 heavy (non-hydrogen) atoms. The van der Waals surface area contributed by atoms with Crippen molar-refractivity contribution < 1.29 is 13.5 Å². The van der Waals surface area contributed by atoms with Gasteiger partial charge >= 0.3 is 0 Å². The van der Waals surface area contributed by atoms with Crippen LogP contribution in [0.1, 0.15) is 25.7 Å². The zero-order valence-corrected chi connectivity index (χ0v) is 12.2. The molecule has 0 radical (unpaired) electrons. The monoisotopic (exact) mass is 300 g/mol. The summed E-state index contributed by atoms with van der Waals surface area (Å²) in [6.45, 7) is 0. The van der Waals surface area contributed by atoms with Gasteiger partial charge in [0.15, 0.2) is 5.03 Å². The Balaban J connectivity index is 2.34. The van der Waals surface area contributed by atoms with E-state index in [2.05, 4.69) is 10.4 Å². The molecule has 0 saturated heterocycles. The van der Waals surface area contributed by atoms with Gasteiger partial charge in [-0.2, -0.15) is 4.31 Å². The van der Waals surface area contributed by atoms with E-state index >= 15 is 0 Å². The molecule has 0 aliphatic heterocycles. The largest absolute Gasteiger partial charge is 0.391 e. The van der Waals surface area contributed by atoms with Crippen LogP contribution in [0.25, 0.3) is 0 Å². The number of rotatable bonds is 4. The molecule has 1 aliphatic rings. The number of hydrogen-bond donors (Lipinski definition) is 3. The number of hydrogen-bond acceptors (Lipinski definition) is 6. The van der Waals surface area contributed by atoms with E-state index in [4.69, 9.17) is 5.84 Å². The highest BCUT2D eigenvalue weighted by Crippen LogP contribution is 2.28. The van der Waals surface area contributed by atoms with Crippen LogP contribution in [-0.4, -0.2) is 42.0 Å². The first kappa shape index (κ1) is 15.2. The van der Waals surface area contributed by atoms with Crippen molar-refractivity contribution in [2.45, 2.75) is 42.9 Å². The van der Waals surface area contributed by atoms with Crippen molar-refractivity contribution in [2.24, 2.45) is 5.84 Å². The van der Waals surface area contributed by atoms with Gasteiger partial charge in [-0.25, -0.2) is 13.4 Å². The molecular formula is C12H20N4O3S. The minimum Gasteiger partial charge on any atom is -0.391 e. The Morgan fingerprint density at radius 1 is 1.45 bits per heavy atom. The number of nitrogen functional groups attached to an aromatic ring is 1. The van der Waals surface area contributed by atoms with E-state index in [0.29, 0.717) is 12.8 Å². The van der Waals surface area contributed by atoms with Gasteiger partial charge in [0, 0.05) is 13.2 Å². The van der Waals surface area contributed by atoms with Crippen molar-refractivity contribution in [1.82, 2.24) is 9.29 Å². The van der Waals surface area contributed by atoms with Crippen LogP contribution in [0.5, 0.6) is 0 Å². The number of nitrogens with one attached hydrogen (secondary N) is 1. The maximum atomic E-state index is 12.6. The lowest BCUT2D eigenvalue weighted by Gasteiger charge is -2.34. The lowest BCUT2D eigenvalue weighted by Crippen LogP contribution is -2.46. The molecule has 7 nitrogen and oxygen atoms in total. The van der Waals surface area contributed by atoms with Gasteiger partial charge in [0.25, 0.3) is 10.0 Å². The van der Waals surface area contributed by atoms with E-state index < -0.39 is 22.2 Å². The molecule has 1 fully saturated rings. The molecule has 2 atom stereocenters. The van der Waals surface area contributed by atoms with E-state index in [0.717, 1.165) is 12.8 Å². The fourth-order valence-electron chi connectivity index (χ4n) is 2.54. The van der Waals surface area contributed by atoms with Gasteiger partial charge in [-0.15, -0.1) is 0 Å². The van der Waals surface area contributed by atoms with Crippen LogP contribution < -0.4 is 11.3 Å². The molecule has 1 heterocycles. The summed E-state index contributed by atoms with van der Waals surface area (Å²) < 4.78 is 26.4. The summed E-state index contributed by atoms with van der Waals surface area (Å²) in [4.78, 5) is 3.91. The number of hydrazine groups is 1. The topological polar surface area (TPSA) is 109 Å². The van der Waals surface area contributed by atoms with E-state index in [-0.39, 0.29) is 10.7 Å². The smallest absolute Gasteiger partial charge is 0.262 e. The average molecular weight is 300 g/mol. The number of sulfonamides is 1. The number of aliphatic hydroxyl groups is 1. The van der Waals surface area contributed by atoms with Crippen LogP contribution >= 0.6 is 0 Å². The molecule has 0 amide bonds. The molecule has 8 heteroatoms. The van der Waals surface area contributed by atoms with Crippen LogP contribution in [0, 0.1) is 0 Å². The van der Waals surface area contributed by atoms with E-state index in [1.807, 2.05) is 0 Å². The van der Waals surface area contributed by atoms with Crippen LogP contribution in [0.2, 0.25) is 0 Å². The number of aliphatic hydroxyl groups excluding tert-OH is 1. The van der Waals surface area contributed by atoms with Crippen molar-refractivity contribution in [3.63, 3.8) is 0 Å². The number of pyridine rings is 1. The molecule has 1 aromatic heterocycles. The zero-order chi connectivity index (χ0) is 14.8. The molecule has 1 aliphatic carbocycles. The maximum Gasteiger partial charge on any atom is 0.262 e. The third-order valence-electron chi connectivity index (χ3n) is 3.71. The molecule has 2 unspecified atom stereocenters. The van der Waals surface area contributed by atoms with E-state index in [1.54, 1.807) is 12.1 Å². The third-order valence-corrected chi connectivity index (χ3v) is 5.55. The van der Waals surface area contributed by atoms with Gasteiger partial charge in [0.05, 0.1) is 17.8 Å². The Bertz CT molecular complexity index is 564. The number of likely N-dealkylation sites (N-methyl/N-ethyl adjacent to an activating group) is 1. The predicted octanol–water partition coefficient (Wildman–Crippen LogP) is 0.291. The van der Waals surface area contributed by atoms with E-state index in [9.17, 15) is 13.5 Å². The summed E-state index contributed by atoms with van der Waals surface area (Å²) in [5.74, 6) is 5.33. The van der Waals surface area contributed by atoms with Crippen molar-refractivity contribution in [3.8, 4) is 0 Å². The molecule has 0 bridgehead atoms. The minimum absolute atomic E-state index is 0.122. The van der Waals surface area contributed by atoms with Gasteiger partial charge in [-0.1, -0.05) is 12.8 Å². The second-order valence-corrected chi connectivity index (χ2v) is 6.85. The molecular weight excluding hydrogens is 280 g/mol. The predicted molar refractivity (Wildman–Crippen MR) is 75.3 cm³/mol. The first-order valence-electron chi connectivity index (χ1n) is 6.56. The Morgan fingerprint density at radius 3 is 2.80 bits per heavy atom. The Hall–Kier alpha value is -1.22. The highest BCUT2D eigenvalue weighted by Gasteiger charge is 2.35. The lowest BCUT2D eigenvalue weighted by molar-refractivity contribution is 0.0637. The van der Waals surface area contributed by atoms with Crippen LogP contribution in [0.3, 0.4) is 0 Å². The summed E-state index contributed by atoms with van der Waals surface area (Å²) in [5.41, 5.74) is 2.58. The molecule has 1 saturated carbocycles. The lowest BCUT2D eigenvalue weighted by atomic mass is 9.93. The van der Waals surface area contributed by atoms with Gasteiger partial charge in [-0.3, -0.25) is 5.84 Å². The molecule has 0 aromatic carbocycles. The number of nitrogens with two attached hydrogens (primary N) is 1. The standard InChI is InChI=1S/C12H20N4O3S/c1-16(10-6-2-3-7-11(10)17)20(18,19)12-9(15-13)5-4-8-14-12/h4-5,8,10-11,15,17H,2-3,6-7,13H2,1H3. The molecule has 1 aromatic rings. The number of anilines is 1. The molecule has 4 N–H and O–H groups in total. The van der Waals surface area contributed by atoms with Crippen molar-refractivity contribution >= 4 is 15.7 Å². The number of nitrogens with zero attached hydrogens (tertiary/aromatic N) is 2. The third kappa shape index (κ3) is 2.78. The SMILES string of the molecule is CN(C1CCCCC1O)S(=O)(=O)c1ncccc1NN. The summed E-state index contributed by atoms with van der Waals surface area (Å²) in [5, 5.41) is 9.89. The highest BCUT2D eigenvalue weighted by molar-refractivity contribution is 7.89. The maximum absolute atomic E-state index is 12.6. The Kier molecular flexibility index (Phi) is 4.59. The van der Waals surface area contributed by atoms with Crippen LogP contribution in [-0.2, 0) is 10.0 Å². The van der Waals surface area contributed by atoms with Gasteiger partial charge in [0.2, 0.25) is 0 Å². The molecule has 112 valence electrons. The quantitative estimate of drug-likeness (QED) is 0.545. The van der Waals surface area contributed by atoms with Crippen LogP contribution in [0.15, 0.2) is 23.4 Å². The van der Waals surface area contributed by atoms with Crippen molar-refractivity contribution in [2.75, 3.05) is 12.5 Å². The summed E-state index contributed by atoms with van der Waals surface area (Å²) in [6, 6.07) is 2.73. The summed E-state index contributed by atoms with van der Waals surface area (Å²) in [7, 11) is -2.32. The first-order valence-corrected chi connectivity index (χ1v) is 8.00. The first-order chi connectivity index (χ1) is 9.48. The highest BCUT2D eigenvalue weighted by atomic mass is 32.2. The molecule has 2 rings (SSSR count). The fourth-order valence-corrected chi connectivity index (χ4v) is 4.01. The van der Waals surface area contributed by atoms with Crippen molar-refractivity contribution in [1.29, 1.82) is 0 Å². The fraction of sp³-hybridized carbons (Fsp3) is 0.583. The minimum atomic E-state index is -3.79. The van der Waals surface area contributed by atoms with Gasteiger partial charge in [0.1, 0.15) is 0 Å². The molecule has 0 spiro atoms. The average Bonchev–Trinajstić information content (AvgIpc) is 2.47. The Labute approximate surface area is 118 Å². The van der Waals surface area contributed by atoms with Crippen LogP contribution in [0.4, 0.5) is 5.69 Å². The van der Waals surface area contributed by atoms with Crippen molar-refractivity contribution in [3.05, 3.63) is 18.3 Å².